The lowest BCUT2D eigenvalue weighted by molar-refractivity contribution is 0.596. The lowest BCUT2D eigenvalue weighted by Crippen LogP contribution is -2.11. The standard InChI is InChI=1S/C9H15N3O2S/c1-4-15(13,14)7-5-11-9(6(2)3)12-8(7)10/h5-6H,4H2,1-3H3,(H2,10,11,12). The van der Waals surface area contributed by atoms with Gasteiger partial charge in [0.1, 0.15) is 16.5 Å². The van der Waals surface area contributed by atoms with Gasteiger partial charge >= 0.3 is 0 Å². The molecule has 1 aromatic rings. The van der Waals surface area contributed by atoms with Gasteiger partial charge in [-0.05, 0) is 0 Å². The Morgan fingerprint density at radius 2 is 2.07 bits per heavy atom. The van der Waals surface area contributed by atoms with Crippen molar-refractivity contribution in [1.82, 2.24) is 9.97 Å². The predicted octanol–water partition coefficient (Wildman–Crippen LogP) is 0.976. The molecule has 0 fully saturated rings. The maximum Gasteiger partial charge on any atom is 0.183 e. The third-order valence-electron chi connectivity index (χ3n) is 2.03. The fraction of sp³-hybridized carbons (Fsp3) is 0.556. The molecule has 0 bridgehead atoms. The molecule has 5 nitrogen and oxygen atoms in total. The molecule has 0 saturated carbocycles. The van der Waals surface area contributed by atoms with E-state index in [4.69, 9.17) is 5.73 Å². The molecule has 1 heterocycles. The van der Waals surface area contributed by atoms with Crippen LogP contribution in [0.1, 0.15) is 32.5 Å². The number of rotatable bonds is 3. The van der Waals surface area contributed by atoms with Gasteiger partial charge in [0.15, 0.2) is 9.84 Å². The molecule has 84 valence electrons. The molecule has 0 unspecified atom stereocenters. The van der Waals surface area contributed by atoms with Crippen molar-refractivity contribution in [2.45, 2.75) is 31.6 Å². The smallest absolute Gasteiger partial charge is 0.183 e. The van der Waals surface area contributed by atoms with E-state index in [9.17, 15) is 8.42 Å². The highest BCUT2D eigenvalue weighted by Crippen LogP contribution is 2.18. The van der Waals surface area contributed by atoms with E-state index < -0.39 is 9.84 Å². The molecule has 15 heavy (non-hydrogen) atoms. The largest absolute Gasteiger partial charge is 0.383 e. The number of anilines is 1. The number of nitrogen functional groups attached to an aromatic ring is 1. The van der Waals surface area contributed by atoms with E-state index in [2.05, 4.69) is 9.97 Å². The molecule has 1 rings (SSSR count). The summed E-state index contributed by atoms with van der Waals surface area (Å²) in [6, 6.07) is 0. The van der Waals surface area contributed by atoms with Crippen LogP contribution in [0.3, 0.4) is 0 Å². The van der Waals surface area contributed by atoms with Crippen LogP contribution in [0.2, 0.25) is 0 Å². The molecule has 0 aromatic carbocycles. The molecular formula is C9H15N3O2S. The Morgan fingerprint density at radius 3 is 2.47 bits per heavy atom. The quantitative estimate of drug-likeness (QED) is 0.834. The van der Waals surface area contributed by atoms with Crippen LogP contribution in [0.5, 0.6) is 0 Å². The van der Waals surface area contributed by atoms with Crippen LogP contribution >= 0.6 is 0 Å². The zero-order valence-corrected chi connectivity index (χ0v) is 9.87. The first kappa shape index (κ1) is 11.9. The van der Waals surface area contributed by atoms with Crippen LogP contribution in [-0.4, -0.2) is 24.1 Å². The Bertz CT molecular complexity index is 454. The van der Waals surface area contributed by atoms with E-state index in [1.165, 1.54) is 6.20 Å². The van der Waals surface area contributed by atoms with Crippen molar-refractivity contribution in [3.05, 3.63) is 12.0 Å². The Kier molecular flexibility index (Phi) is 3.28. The first-order chi connectivity index (χ1) is 6.88. The topological polar surface area (TPSA) is 85.9 Å². The van der Waals surface area contributed by atoms with Gasteiger partial charge in [0.05, 0.1) is 11.9 Å². The highest BCUT2D eigenvalue weighted by Gasteiger charge is 2.18. The minimum atomic E-state index is -3.32. The van der Waals surface area contributed by atoms with E-state index in [0.717, 1.165) is 0 Å². The average Bonchev–Trinajstić information content (AvgIpc) is 2.17. The van der Waals surface area contributed by atoms with Gasteiger partial charge in [-0.3, -0.25) is 0 Å². The molecule has 0 aliphatic carbocycles. The van der Waals surface area contributed by atoms with Gasteiger partial charge in [-0.25, -0.2) is 18.4 Å². The van der Waals surface area contributed by atoms with Crippen molar-refractivity contribution in [3.63, 3.8) is 0 Å². The average molecular weight is 229 g/mol. The first-order valence-corrected chi connectivity index (χ1v) is 6.39. The van der Waals surface area contributed by atoms with Crippen LogP contribution in [0.25, 0.3) is 0 Å². The third kappa shape index (κ3) is 2.44. The molecule has 0 saturated heterocycles. The van der Waals surface area contributed by atoms with Crippen molar-refractivity contribution in [1.29, 1.82) is 0 Å². The Labute approximate surface area is 89.7 Å². The summed E-state index contributed by atoms with van der Waals surface area (Å²) in [7, 11) is -3.32. The molecule has 0 atom stereocenters. The molecule has 0 spiro atoms. The summed E-state index contributed by atoms with van der Waals surface area (Å²) in [6.07, 6.45) is 1.29. The number of nitrogens with two attached hydrogens (primary N) is 1. The summed E-state index contributed by atoms with van der Waals surface area (Å²) in [6.45, 7) is 5.40. The number of sulfone groups is 1. The normalized spacial score (nSPS) is 12.0. The second-order valence-electron chi connectivity index (χ2n) is 3.54. The van der Waals surface area contributed by atoms with Crippen molar-refractivity contribution in [2.75, 3.05) is 11.5 Å². The first-order valence-electron chi connectivity index (χ1n) is 4.73. The molecule has 0 radical (unpaired) electrons. The van der Waals surface area contributed by atoms with Crippen molar-refractivity contribution < 1.29 is 8.42 Å². The second-order valence-corrected chi connectivity index (χ2v) is 5.78. The van der Waals surface area contributed by atoms with Crippen LogP contribution in [0, 0.1) is 0 Å². The minimum absolute atomic E-state index is 0.00157. The molecule has 1 aromatic heterocycles. The van der Waals surface area contributed by atoms with E-state index in [-0.39, 0.29) is 22.4 Å². The summed E-state index contributed by atoms with van der Waals surface area (Å²) in [4.78, 5) is 7.98. The fourth-order valence-corrected chi connectivity index (χ4v) is 1.96. The van der Waals surface area contributed by atoms with Gasteiger partial charge in [0, 0.05) is 5.92 Å². The van der Waals surface area contributed by atoms with E-state index in [0.29, 0.717) is 5.82 Å². The molecule has 0 amide bonds. The predicted molar refractivity (Wildman–Crippen MR) is 58.3 cm³/mol. The van der Waals surface area contributed by atoms with Crippen molar-refractivity contribution >= 4 is 15.7 Å². The molecule has 2 N–H and O–H groups in total. The molecular weight excluding hydrogens is 214 g/mol. The summed E-state index contributed by atoms with van der Waals surface area (Å²) in [5.74, 6) is 0.727. The molecule has 0 aliphatic heterocycles. The number of aromatic nitrogens is 2. The lowest BCUT2D eigenvalue weighted by atomic mass is 10.2. The van der Waals surface area contributed by atoms with Gasteiger partial charge < -0.3 is 5.73 Å². The summed E-state index contributed by atoms with van der Waals surface area (Å²) >= 11 is 0. The summed E-state index contributed by atoms with van der Waals surface area (Å²) < 4.78 is 23.1. The number of hydrogen-bond donors (Lipinski definition) is 1. The highest BCUT2D eigenvalue weighted by atomic mass is 32.2. The Hall–Kier alpha value is -1.17. The van der Waals surface area contributed by atoms with Crippen molar-refractivity contribution in [3.8, 4) is 0 Å². The van der Waals surface area contributed by atoms with Gasteiger partial charge in [-0.2, -0.15) is 0 Å². The second kappa shape index (κ2) is 4.14. The van der Waals surface area contributed by atoms with Crippen LogP contribution < -0.4 is 5.73 Å². The maximum atomic E-state index is 11.5. The van der Waals surface area contributed by atoms with Gasteiger partial charge in [0.2, 0.25) is 0 Å². The minimum Gasteiger partial charge on any atom is -0.383 e. The Balaban J connectivity index is 3.26. The van der Waals surface area contributed by atoms with E-state index in [1.54, 1.807) is 6.92 Å². The van der Waals surface area contributed by atoms with Gasteiger partial charge in [-0.15, -0.1) is 0 Å². The zero-order valence-electron chi connectivity index (χ0n) is 9.06. The summed E-state index contributed by atoms with van der Waals surface area (Å²) in [5, 5.41) is 0. The maximum absolute atomic E-state index is 11.5. The number of nitrogens with zero attached hydrogens (tertiary/aromatic N) is 2. The SMILES string of the molecule is CCS(=O)(=O)c1cnc(C(C)C)nc1N. The van der Waals surface area contributed by atoms with E-state index in [1.807, 2.05) is 13.8 Å². The van der Waals surface area contributed by atoms with E-state index >= 15 is 0 Å². The van der Waals surface area contributed by atoms with Crippen LogP contribution in [-0.2, 0) is 9.84 Å². The Morgan fingerprint density at radius 1 is 1.47 bits per heavy atom. The highest BCUT2D eigenvalue weighted by molar-refractivity contribution is 7.91. The van der Waals surface area contributed by atoms with Gasteiger partial charge in [0.25, 0.3) is 0 Å². The zero-order chi connectivity index (χ0) is 11.6. The fourth-order valence-electron chi connectivity index (χ4n) is 1.07. The van der Waals surface area contributed by atoms with Crippen LogP contribution in [0.4, 0.5) is 5.82 Å². The molecule has 6 heteroatoms. The van der Waals surface area contributed by atoms with Crippen LogP contribution in [0.15, 0.2) is 11.1 Å². The third-order valence-corrected chi connectivity index (χ3v) is 3.78. The number of hydrogen-bond acceptors (Lipinski definition) is 5. The van der Waals surface area contributed by atoms with Crippen molar-refractivity contribution in [2.24, 2.45) is 0 Å². The lowest BCUT2D eigenvalue weighted by Gasteiger charge is -2.07. The monoisotopic (exact) mass is 229 g/mol. The van der Waals surface area contributed by atoms with Gasteiger partial charge in [-0.1, -0.05) is 20.8 Å². The summed E-state index contributed by atoms with van der Waals surface area (Å²) in [5.41, 5.74) is 5.59. The molecule has 0 aliphatic rings.